The maximum absolute atomic E-state index is 13.3. The molecule has 7 nitrogen and oxygen atoms in total. The molecule has 2 heterocycles. The standard InChI is InChI=1S/C33H28N4O3S2/c1-20-8-10-22(11-9-20)27-17-29(23-12-14-25(39-3)15-13-23)35-32(28(27)18-34)42-21(2)31(38)37-33-36-30(19-41-33)24-6-5-7-26(16-24)40-4/h5-17,19,21H,1-4H3,(H,36,37,38). The van der Waals surface area contributed by atoms with Crippen LogP contribution in [0, 0.1) is 18.3 Å². The second kappa shape index (κ2) is 12.9. The Morgan fingerprint density at radius 3 is 2.31 bits per heavy atom. The molecule has 9 heteroatoms. The number of methoxy groups -OCH3 is 2. The van der Waals surface area contributed by atoms with Crippen molar-refractivity contribution < 1.29 is 14.3 Å². The first-order valence-corrected chi connectivity index (χ1v) is 14.9. The number of anilines is 1. The van der Waals surface area contributed by atoms with Gasteiger partial charge in [0.15, 0.2) is 5.13 Å². The van der Waals surface area contributed by atoms with Crippen molar-refractivity contribution in [1.29, 1.82) is 5.26 Å². The van der Waals surface area contributed by atoms with Crippen molar-refractivity contribution in [3.8, 4) is 51.2 Å². The van der Waals surface area contributed by atoms with E-state index in [1.165, 1.54) is 23.1 Å². The number of rotatable bonds is 9. The monoisotopic (exact) mass is 592 g/mol. The van der Waals surface area contributed by atoms with Crippen LogP contribution in [-0.2, 0) is 4.79 Å². The minimum Gasteiger partial charge on any atom is -0.497 e. The number of amides is 1. The van der Waals surface area contributed by atoms with Gasteiger partial charge in [0.1, 0.15) is 22.6 Å². The number of nitrogens with zero attached hydrogens (tertiary/aromatic N) is 3. The lowest BCUT2D eigenvalue weighted by atomic mass is 9.98. The maximum atomic E-state index is 13.3. The molecule has 1 atom stereocenters. The smallest absolute Gasteiger partial charge is 0.239 e. The number of thiazole rings is 1. The molecule has 0 aliphatic heterocycles. The first-order chi connectivity index (χ1) is 20.4. The lowest BCUT2D eigenvalue weighted by Gasteiger charge is -2.15. The third-order valence-corrected chi connectivity index (χ3v) is 8.45. The van der Waals surface area contributed by atoms with Crippen molar-refractivity contribution >= 4 is 34.1 Å². The van der Waals surface area contributed by atoms with E-state index < -0.39 is 5.25 Å². The summed E-state index contributed by atoms with van der Waals surface area (Å²) in [7, 11) is 3.24. The van der Waals surface area contributed by atoms with Crippen LogP contribution in [0.3, 0.4) is 0 Å². The summed E-state index contributed by atoms with van der Waals surface area (Å²) < 4.78 is 10.6. The minimum absolute atomic E-state index is 0.232. The maximum Gasteiger partial charge on any atom is 0.239 e. The van der Waals surface area contributed by atoms with Gasteiger partial charge in [0.05, 0.1) is 36.4 Å². The average molecular weight is 593 g/mol. The molecular formula is C33H28N4O3S2. The number of hydrogen-bond donors (Lipinski definition) is 1. The number of aryl methyl sites for hydroxylation is 1. The predicted molar refractivity (Wildman–Crippen MR) is 169 cm³/mol. The highest BCUT2D eigenvalue weighted by Crippen LogP contribution is 2.37. The molecule has 0 bridgehead atoms. The predicted octanol–water partition coefficient (Wildman–Crippen LogP) is 7.86. The van der Waals surface area contributed by atoms with Gasteiger partial charge in [0.25, 0.3) is 0 Å². The Balaban J connectivity index is 1.43. The number of hydrogen-bond acceptors (Lipinski definition) is 8. The van der Waals surface area contributed by atoms with Gasteiger partial charge in [-0.05, 0) is 61.9 Å². The van der Waals surface area contributed by atoms with Crippen LogP contribution in [0.1, 0.15) is 18.1 Å². The summed E-state index contributed by atoms with van der Waals surface area (Å²) in [4.78, 5) is 22.7. The molecule has 210 valence electrons. The zero-order valence-electron chi connectivity index (χ0n) is 23.5. The van der Waals surface area contributed by atoms with E-state index in [2.05, 4.69) is 16.4 Å². The highest BCUT2D eigenvalue weighted by Gasteiger charge is 2.22. The summed E-state index contributed by atoms with van der Waals surface area (Å²) >= 11 is 2.60. The average Bonchev–Trinajstić information content (AvgIpc) is 3.49. The quantitative estimate of drug-likeness (QED) is 0.174. The number of carbonyl (C=O) groups is 1. The normalized spacial score (nSPS) is 11.4. The van der Waals surface area contributed by atoms with Gasteiger partial charge in [0.2, 0.25) is 5.91 Å². The zero-order valence-corrected chi connectivity index (χ0v) is 25.2. The summed E-state index contributed by atoms with van der Waals surface area (Å²) in [6.45, 7) is 3.82. The first-order valence-electron chi connectivity index (χ1n) is 13.1. The largest absolute Gasteiger partial charge is 0.497 e. The molecule has 1 amide bonds. The Kier molecular flexibility index (Phi) is 8.86. The zero-order chi connectivity index (χ0) is 29.6. The number of nitrogens with one attached hydrogen (secondary N) is 1. The van der Waals surface area contributed by atoms with E-state index in [9.17, 15) is 10.1 Å². The fraction of sp³-hybridized carbons (Fsp3) is 0.152. The van der Waals surface area contributed by atoms with Crippen molar-refractivity contribution in [2.75, 3.05) is 19.5 Å². The number of carbonyl (C=O) groups excluding carboxylic acids is 1. The number of nitriles is 1. The Morgan fingerprint density at radius 2 is 1.62 bits per heavy atom. The number of ether oxygens (including phenoxy) is 2. The molecule has 0 saturated heterocycles. The van der Waals surface area contributed by atoms with Crippen LogP contribution in [0.4, 0.5) is 5.13 Å². The summed E-state index contributed by atoms with van der Waals surface area (Å²) in [5.74, 6) is 1.24. The molecule has 0 radical (unpaired) electrons. The van der Waals surface area contributed by atoms with Gasteiger partial charge in [-0.15, -0.1) is 11.3 Å². The van der Waals surface area contributed by atoms with Crippen LogP contribution in [0.15, 0.2) is 89.3 Å². The topological polar surface area (TPSA) is 97.1 Å². The lowest BCUT2D eigenvalue weighted by molar-refractivity contribution is -0.115. The molecule has 2 aromatic heterocycles. The van der Waals surface area contributed by atoms with Crippen LogP contribution in [0.5, 0.6) is 11.5 Å². The van der Waals surface area contributed by atoms with E-state index in [-0.39, 0.29) is 5.91 Å². The molecule has 3 aromatic carbocycles. The van der Waals surface area contributed by atoms with Crippen LogP contribution in [-0.4, -0.2) is 35.3 Å². The van der Waals surface area contributed by atoms with Gasteiger partial charge < -0.3 is 14.8 Å². The summed E-state index contributed by atoms with van der Waals surface area (Å²) in [5, 5.41) is 15.5. The van der Waals surface area contributed by atoms with Crippen molar-refractivity contribution in [3.63, 3.8) is 0 Å². The fourth-order valence-electron chi connectivity index (χ4n) is 4.26. The van der Waals surface area contributed by atoms with Gasteiger partial charge in [0, 0.05) is 22.1 Å². The van der Waals surface area contributed by atoms with Gasteiger partial charge in [-0.1, -0.05) is 53.7 Å². The fourth-order valence-corrected chi connectivity index (χ4v) is 5.91. The van der Waals surface area contributed by atoms with Crippen molar-refractivity contribution in [3.05, 3.63) is 95.4 Å². The van der Waals surface area contributed by atoms with Crippen LogP contribution in [0.25, 0.3) is 33.6 Å². The van der Waals surface area contributed by atoms with Gasteiger partial charge in [-0.2, -0.15) is 5.26 Å². The molecular weight excluding hydrogens is 565 g/mol. The Hall–Kier alpha value is -4.65. The van der Waals surface area contributed by atoms with Gasteiger partial charge in [-0.3, -0.25) is 4.79 Å². The van der Waals surface area contributed by atoms with E-state index in [1.807, 2.05) is 91.2 Å². The summed E-state index contributed by atoms with van der Waals surface area (Å²) in [6.07, 6.45) is 0. The molecule has 1 N–H and O–H groups in total. The van der Waals surface area contributed by atoms with E-state index in [1.54, 1.807) is 21.1 Å². The van der Waals surface area contributed by atoms with E-state index in [0.29, 0.717) is 21.4 Å². The van der Waals surface area contributed by atoms with E-state index in [0.717, 1.165) is 45.0 Å². The summed E-state index contributed by atoms with van der Waals surface area (Å²) in [5.41, 5.74) is 6.44. The molecule has 1 unspecified atom stereocenters. The highest BCUT2D eigenvalue weighted by atomic mass is 32.2. The molecule has 0 saturated carbocycles. The van der Waals surface area contributed by atoms with Crippen LogP contribution < -0.4 is 14.8 Å². The van der Waals surface area contributed by atoms with Gasteiger partial charge >= 0.3 is 0 Å². The molecule has 5 aromatic rings. The van der Waals surface area contributed by atoms with E-state index in [4.69, 9.17) is 14.5 Å². The lowest BCUT2D eigenvalue weighted by Crippen LogP contribution is -2.22. The molecule has 0 aliphatic carbocycles. The molecule has 5 rings (SSSR count). The van der Waals surface area contributed by atoms with Crippen LogP contribution in [0.2, 0.25) is 0 Å². The van der Waals surface area contributed by atoms with Crippen molar-refractivity contribution in [2.24, 2.45) is 0 Å². The van der Waals surface area contributed by atoms with E-state index >= 15 is 0 Å². The number of thioether (sulfide) groups is 1. The molecule has 0 fully saturated rings. The number of aromatic nitrogens is 2. The second-order valence-corrected chi connectivity index (χ2v) is 11.6. The third-order valence-electron chi connectivity index (χ3n) is 6.60. The van der Waals surface area contributed by atoms with Crippen molar-refractivity contribution in [1.82, 2.24) is 9.97 Å². The Bertz CT molecular complexity index is 1760. The Labute approximate surface area is 253 Å². The van der Waals surface area contributed by atoms with Crippen molar-refractivity contribution in [2.45, 2.75) is 24.1 Å². The third kappa shape index (κ3) is 6.46. The van der Waals surface area contributed by atoms with Crippen LogP contribution >= 0.6 is 23.1 Å². The van der Waals surface area contributed by atoms with Gasteiger partial charge in [-0.25, -0.2) is 9.97 Å². The first kappa shape index (κ1) is 28.9. The minimum atomic E-state index is -0.550. The summed E-state index contributed by atoms with van der Waals surface area (Å²) in [6, 6.07) is 27.5. The SMILES string of the molecule is COc1ccc(-c2cc(-c3ccc(C)cc3)c(C#N)c(SC(C)C(=O)Nc3nc(-c4cccc(OC)c4)cs3)n2)cc1. The second-order valence-electron chi connectivity index (χ2n) is 9.46. The number of pyridine rings is 1. The molecule has 0 aliphatic rings. The molecule has 42 heavy (non-hydrogen) atoms. The Morgan fingerprint density at radius 1 is 0.905 bits per heavy atom. The highest BCUT2D eigenvalue weighted by molar-refractivity contribution is 8.00. The number of benzene rings is 3. The molecule has 0 spiro atoms.